The van der Waals surface area contributed by atoms with E-state index in [4.69, 9.17) is 0 Å². The smallest absolute Gasteiger partial charge is 0.0329 e. The number of rotatable bonds is 4. The van der Waals surface area contributed by atoms with Crippen LogP contribution in [0.15, 0.2) is 0 Å². The molecule has 1 N–H and O–H groups in total. The van der Waals surface area contributed by atoms with Crippen LogP contribution >= 0.6 is 0 Å². The van der Waals surface area contributed by atoms with Gasteiger partial charge in [-0.05, 0) is 19.9 Å². The largest absolute Gasteiger partial charge is 0.312 e. The van der Waals surface area contributed by atoms with Crippen LogP contribution in [-0.4, -0.2) is 52.8 Å². The zero-order valence-corrected chi connectivity index (χ0v) is 10.3. The Morgan fingerprint density at radius 3 is 2.93 bits per heavy atom. The topological polar surface area (TPSA) is 32.3 Å². The van der Waals surface area contributed by atoms with Crippen molar-refractivity contribution in [2.45, 2.75) is 31.6 Å². The van der Waals surface area contributed by atoms with E-state index >= 15 is 0 Å². The van der Waals surface area contributed by atoms with Crippen LogP contribution in [-0.2, 0) is 10.8 Å². The van der Waals surface area contributed by atoms with Crippen molar-refractivity contribution in [2.24, 2.45) is 0 Å². The first-order valence-electron chi connectivity index (χ1n) is 5.37. The minimum atomic E-state index is -0.666. The molecule has 0 aliphatic carbocycles. The minimum absolute atomic E-state index is 0.334. The molecule has 0 spiro atoms. The number of hydrogen-bond donors (Lipinski definition) is 1. The van der Waals surface area contributed by atoms with Crippen molar-refractivity contribution in [3.05, 3.63) is 0 Å². The first kappa shape index (κ1) is 12.1. The summed E-state index contributed by atoms with van der Waals surface area (Å²) in [6, 6.07) is 0.603. The lowest BCUT2D eigenvalue weighted by Crippen LogP contribution is -2.49. The molecular formula is C10H22N2OS. The summed E-state index contributed by atoms with van der Waals surface area (Å²) in [5.41, 5.74) is 0. The molecule has 3 atom stereocenters. The lowest BCUT2D eigenvalue weighted by atomic mass is 10.2. The van der Waals surface area contributed by atoms with Gasteiger partial charge in [-0.2, -0.15) is 0 Å². The van der Waals surface area contributed by atoms with Crippen molar-refractivity contribution in [1.82, 2.24) is 10.2 Å². The third-order valence-corrected chi connectivity index (χ3v) is 4.24. The third-order valence-electron chi connectivity index (χ3n) is 2.87. The van der Waals surface area contributed by atoms with Gasteiger partial charge in [0.25, 0.3) is 0 Å². The molecule has 0 aromatic heterocycles. The Morgan fingerprint density at radius 1 is 1.64 bits per heavy atom. The van der Waals surface area contributed by atoms with Crippen LogP contribution in [0.25, 0.3) is 0 Å². The summed E-state index contributed by atoms with van der Waals surface area (Å²) >= 11 is 0. The van der Waals surface area contributed by atoms with Crippen molar-refractivity contribution in [2.75, 3.05) is 32.4 Å². The summed E-state index contributed by atoms with van der Waals surface area (Å²) in [6.07, 6.45) is 2.85. The summed E-state index contributed by atoms with van der Waals surface area (Å²) in [5.74, 6) is 0. The molecule has 1 saturated heterocycles. The molecule has 1 fully saturated rings. The van der Waals surface area contributed by atoms with Crippen molar-refractivity contribution in [3.8, 4) is 0 Å². The second kappa shape index (κ2) is 5.83. The molecule has 0 amide bonds. The van der Waals surface area contributed by atoms with E-state index in [2.05, 4.69) is 24.1 Å². The molecule has 84 valence electrons. The van der Waals surface area contributed by atoms with E-state index in [0.29, 0.717) is 11.3 Å². The predicted octanol–water partition coefficient (Wildman–Crippen LogP) is 0.437. The maximum absolute atomic E-state index is 11.2. The highest BCUT2D eigenvalue weighted by Gasteiger charge is 2.16. The first-order chi connectivity index (χ1) is 6.59. The summed E-state index contributed by atoms with van der Waals surface area (Å²) < 4.78 is 11.2. The van der Waals surface area contributed by atoms with Crippen LogP contribution < -0.4 is 5.32 Å². The monoisotopic (exact) mass is 218 g/mol. The Balaban J connectivity index is 2.20. The van der Waals surface area contributed by atoms with Crippen LogP contribution in [0.4, 0.5) is 0 Å². The van der Waals surface area contributed by atoms with Gasteiger partial charge in [0, 0.05) is 48.0 Å². The van der Waals surface area contributed by atoms with E-state index in [1.54, 1.807) is 6.26 Å². The molecule has 0 saturated carbocycles. The van der Waals surface area contributed by atoms with Gasteiger partial charge in [-0.3, -0.25) is 4.21 Å². The van der Waals surface area contributed by atoms with Gasteiger partial charge in [-0.1, -0.05) is 6.92 Å². The molecule has 1 heterocycles. The zero-order valence-electron chi connectivity index (χ0n) is 9.45. The normalized spacial score (nSPS) is 28.6. The summed E-state index contributed by atoms with van der Waals surface area (Å²) in [5, 5.41) is 3.75. The molecule has 14 heavy (non-hydrogen) atoms. The average molecular weight is 218 g/mol. The molecule has 1 aliphatic rings. The molecule has 3 nitrogen and oxygen atoms in total. The molecule has 1 aliphatic heterocycles. The van der Waals surface area contributed by atoms with Crippen molar-refractivity contribution in [1.29, 1.82) is 0 Å². The minimum Gasteiger partial charge on any atom is -0.312 e. The van der Waals surface area contributed by atoms with Crippen molar-refractivity contribution >= 4 is 10.8 Å². The molecule has 3 unspecified atom stereocenters. The lowest BCUT2D eigenvalue weighted by Gasteiger charge is -2.32. The first-order valence-corrected chi connectivity index (χ1v) is 6.99. The number of nitrogens with one attached hydrogen (secondary N) is 1. The van der Waals surface area contributed by atoms with E-state index in [-0.39, 0.29) is 0 Å². The van der Waals surface area contributed by atoms with Gasteiger partial charge in [0.15, 0.2) is 0 Å². The maximum Gasteiger partial charge on any atom is 0.0329 e. The Labute approximate surface area is 89.7 Å². The van der Waals surface area contributed by atoms with Gasteiger partial charge < -0.3 is 10.2 Å². The van der Waals surface area contributed by atoms with Crippen LogP contribution in [0.3, 0.4) is 0 Å². The lowest BCUT2D eigenvalue weighted by molar-refractivity contribution is 0.205. The predicted molar refractivity (Wildman–Crippen MR) is 62.1 cm³/mol. The molecular weight excluding hydrogens is 196 g/mol. The fourth-order valence-corrected chi connectivity index (χ4v) is 2.18. The molecule has 4 heteroatoms. The van der Waals surface area contributed by atoms with E-state index in [1.165, 1.54) is 0 Å². The molecule has 0 radical (unpaired) electrons. The van der Waals surface area contributed by atoms with Crippen molar-refractivity contribution < 1.29 is 4.21 Å². The van der Waals surface area contributed by atoms with Gasteiger partial charge in [-0.25, -0.2) is 0 Å². The molecule has 0 aromatic carbocycles. The van der Waals surface area contributed by atoms with Gasteiger partial charge in [0.05, 0.1) is 0 Å². The standard InChI is InChI=1S/C10H22N2OS/c1-9-8-12(7-5-11-9)6-4-10(2)14(3)13/h9-11H,4-8H2,1-3H3. The van der Waals surface area contributed by atoms with Gasteiger partial charge in [-0.15, -0.1) is 0 Å². The van der Waals surface area contributed by atoms with Crippen molar-refractivity contribution in [3.63, 3.8) is 0 Å². The highest BCUT2D eigenvalue weighted by Crippen LogP contribution is 2.04. The van der Waals surface area contributed by atoms with Crippen LogP contribution in [0.1, 0.15) is 20.3 Å². The third kappa shape index (κ3) is 4.07. The average Bonchev–Trinajstić information content (AvgIpc) is 2.14. The Hall–Kier alpha value is 0.0700. The van der Waals surface area contributed by atoms with E-state index in [0.717, 1.165) is 32.6 Å². The summed E-state index contributed by atoms with van der Waals surface area (Å²) in [6.45, 7) is 8.73. The highest BCUT2D eigenvalue weighted by atomic mass is 32.2. The Morgan fingerprint density at radius 2 is 2.36 bits per heavy atom. The number of piperazine rings is 1. The fraction of sp³-hybridized carbons (Fsp3) is 1.00. The number of nitrogens with zero attached hydrogens (tertiary/aromatic N) is 1. The van der Waals surface area contributed by atoms with Crippen LogP contribution in [0.2, 0.25) is 0 Å². The fourth-order valence-electron chi connectivity index (χ4n) is 1.75. The maximum atomic E-state index is 11.2. The van der Waals surface area contributed by atoms with Gasteiger partial charge in [0.1, 0.15) is 0 Å². The zero-order chi connectivity index (χ0) is 10.6. The summed E-state index contributed by atoms with van der Waals surface area (Å²) in [4.78, 5) is 2.46. The second-order valence-corrected chi connectivity index (χ2v) is 6.06. The molecule has 0 bridgehead atoms. The van der Waals surface area contributed by atoms with E-state index in [9.17, 15) is 4.21 Å². The molecule has 1 rings (SSSR count). The van der Waals surface area contributed by atoms with E-state index in [1.807, 2.05) is 0 Å². The van der Waals surface area contributed by atoms with Gasteiger partial charge >= 0.3 is 0 Å². The number of hydrogen-bond acceptors (Lipinski definition) is 3. The molecule has 0 aromatic rings. The summed E-state index contributed by atoms with van der Waals surface area (Å²) in [7, 11) is -0.666. The quantitative estimate of drug-likeness (QED) is 0.743. The van der Waals surface area contributed by atoms with Crippen LogP contribution in [0, 0.1) is 0 Å². The SMILES string of the molecule is CC1CN(CCC(C)S(C)=O)CCN1. The highest BCUT2D eigenvalue weighted by molar-refractivity contribution is 7.84. The Kier molecular flexibility index (Phi) is 5.06. The van der Waals surface area contributed by atoms with E-state index < -0.39 is 10.8 Å². The second-order valence-electron chi connectivity index (χ2n) is 4.25. The van der Waals surface area contributed by atoms with Gasteiger partial charge in [0.2, 0.25) is 0 Å². The Bertz CT molecular complexity index is 199. The van der Waals surface area contributed by atoms with Crippen LogP contribution in [0.5, 0.6) is 0 Å².